The fourth-order valence-corrected chi connectivity index (χ4v) is 3.19. The average Bonchev–Trinajstić information content (AvgIpc) is 2.92. The topological polar surface area (TPSA) is 38.5 Å². The van der Waals surface area contributed by atoms with E-state index in [2.05, 4.69) is 11.9 Å². The molecule has 1 aliphatic carbocycles. The summed E-state index contributed by atoms with van der Waals surface area (Å²) in [6.45, 7) is 1.53. The quantitative estimate of drug-likeness (QED) is 0.870. The lowest BCUT2D eigenvalue weighted by molar-refractivity contribution is 0.212. The fraction of sp³-hybridized carbons (Fsp3) is 0.625. The van der Waals surface area contributed by atoms with E-state index in [9.17, 15) is 4.39 Å². The monoisotopic (exact) mass is 280 g/mol. The third-order valence-corrected chi connectivity index (χ3v) is 4.34. The zero-order chi connectivity index (χ0) is 14.5. The molecule has 1 atom stereocenters. The van der Waals surface area contributed by atoms with Crippen LogP contribution in [0.4, 0.5) is 4.39 Å². The van der Waals surface area contributed by atoms with E-state index in [4.69, 9.17) is 10.5 Å². The predicted octanol–water partition coefficient (Wildman–Crippen LogP) is 2.96. The molecular formula is C16H25FN2O. The van der Waals surface area contributed by atoms with Gasteiger partial charge >= 0.3 is 0 Å². The molecule has 4 heteroatoms. The highest BCUT2D eigenvalue weighted by molar-refractivity contribution is 5.31. The molecular weight excluding hydrogens is 255 g/mol. The number of nitrogens with two attached hydrogens (primary N) is 1. The number of methoxy groups -OCH3 is 1. The Hall–Kier alpha value is -1.13. The molecule has 1 saturated carbocycles. The molecule has 0 spiro atoms. The fourth-order valence-electron chi connectivity index (χ4n) is 3.19. The van der Waals surface area contributed by atoms with Crippen LogP contribution in [0.25, 0.3) is 0 Å². The van der Waals surface area contributed by atoms with Gasteiger partial charge in [-0.15, -0.1) is 0 Å². The molecule has 20 heavy (non-hydrogen) atoms. The Labute approximate surface area is 120 Å². The number of likely N-dealkylation sites (N-methyl/N-ethyl adjacent to an activating group) is 1. The maximum Gasteiger partial charge on any atom is 0.165 e. The zero-order valence-corrected chi connectivity index (χ0v) is 12.4. The van der Waals surface area contributed by atoms with E-state index in [1.54, 1.807) is 12.1 Å². The van der Waals surface area contributed by atoms with Gasteiger partial charge in [-0.05, 0) is 43.5 Å². The van der Waals surface area contributed by atoms with Gasteiger partial charge < -0.3 is 10.5 Å². The number of benzene rings is 1. The highest BCUT2D eigenvalue weighted by Gasteiger charge is 2.22. The van der Waals surface area contributed by atoms with Crippen LogP contribution in [-0.4, -0.2) is 32.1 Å². The Morgan fingerprint density at radius 1 is 1.40 bits per heavy atom. The SMILES string of the molecule is COc1ccc(C(CN)N(C)CC2CCCC2)cc1F. The summed E-state index contributed by atoms with van der Waals surface area (Å²) in [6.07, 6.45) is 5.28. The summed E-state index contributed by atoms with van der Waals surface area (Å²) in [5.41, 5.74) is 6.83. The molecule has 0 amide bonds. The van der Waals surface area contributed by atoms with Crippen molar-refractivity contribution in [2.24, 2.45) is 11.7 Å². The summed E-state index contributed by atoms with van der Waals surface area (Å²) in [5, 5.41) is 0. The number of rotatable bonds is 6. The van der Waals surface area contributed by atoms with Crippen molar-refractivity contribution in [1.82, 2.24) is 4.90 Å². The minimum atomic E-state index is -0.322. The van der Waals surface area contributed by atoms with Crippen molar-refractivity contribution in [2.75, 3.05) is 27.2 Å². The van der Waals surface area contributed by atoms with Gasteiger partial charge in [-0.3, -0.25) is 4.90 Å². The van der Waals surface area contributed by atoms with Crippen LogP contribution in [0, 0.1) is 11.7 Å². The number of ether oxygens (including phenoxy) is 1. The summed E-state index contributed by atoms with van der Waals surface area (Å²) in [6, 6.07) is 5.19. The van der Waals surface area contributed by atoms with E-state index in [0.29, 0.717) is 6.54 Å². The second-order valence-electron chi connectivity index (χ2n) is 5.74. The van der Waals surface area contributed by atoms with Gasteiger partial charge in [0.15, 0.2) is 11.6 Å². The van der Waals surface area contributed by atoms with Gasteiger partial charge in [-0.1, -0.05) is 18.9 Å². The Morgan fingerprint density at radius 2 is 2.10 bits per heavy atom. The normalized spacial score (nSPS) is 17.6. The van der Waals surface area contributed by atoms with Crippen LogP contribution < -0.4 is 10.5 Å². The highest BCUT2D eigenvalue weighted by Crippen LogP contribution is 2.29. The van der Waals surface area contributed by atoms with Gasteiger partial charge in [0, 0.05) is 19.1 Å². The molecule has 0 bridgehead atoms. The standard InChI is InChI=1S/C16H25FN2O/c1-19(11-12-5-3-4-6-12)15(10-18)13-7-8-16(20-2)14(17)9-13/h7-9,12,15H,3-6,10-11,18H2,1-2H3. The second-order valence-corrected chi connectivity index (χ2v) is 5.74. The van der Waals surface area contributed by atoms with Crippen LogP contribution in [-0.2, 0) is 0 Å². The van der Waals surface area contributed by atoms with E-state index in [0.717, 1.165) is 18.0 Å². The Balaban J connectivity index is 2.07. The Morgan fingerprint density at radius 3 is 2.65 bits per heavy atom. The molecule has 112 valence electrons. The summed E-state index contributed by atoms with van der Waals surface area (Å²) in [7, 11) is 3.56. The van der Waals surface area contributed by atoms with Gasteiger partial charge in [0.2, 0.25) is 0 Å². The predicted molar refractivity (Wildman–Crippen MR) is 79.3 cm³/mol. The van der Waals surface area contributed by atoms with Gasteiger partial charge in [-0.2, -0.15) is 0 Å². The van der Waals surface area contributed by atoms with Crippen LogP contribution in [0.1, 0.15) is 37.3 Å². The zero-order valence-electron chi connectivity index (χ0n) is 12.4. The molecule has 2 N–H and O–H groups in total. The van der Waals surface area contributed by atoms with E-state index in [-0.39, 0.29) is 17.6 Å². The largest absolute Gasteiger partial charge is 0.494 e. The number of nitrogens with zero attached hydrogens (tertiary/aromatic N) is 1. The lowest BCUT2D eigenvalue weighted by Crippen LogP contribution is -2.33. The Kier molecular flexibility index (Phi) is 5.38. The van der Waals surface area contributed by atoms with Crippen LogP contribution >= 0.6 is 0 Å². The van der Waals surface area contributed by atoms with E-state index in [1.807, 2.05) is 6.07 Å². The van der Waals surface area contributed by atoms with E-state index < -0.39 is 0 Å². The van der Waals surface area contributed by atoms with Crippen molar-refractivity contribution in [3.05, 3.63) is 29.6 Å². The van der Waals surface area contributed by atoms with Gasteiger partial charge in [0.25, 0.3) is 0 Å². The Bertz CT molecular complexity index is 432. The second kappa shape index (κ2) is 7.04. The smallest absolute Gasteiger partial charge is 0.165 e. The molecule has 0 radical (unpaired) electrons. The minimum Gasteiger partial charge on any atom is -0.494 e. The average molecular weight is 280 g/mol. The lowest BCUT2D eigenvalue weighted by Gasteiger charge is -2.29. The van der Waals surface area contributed by atoms with Crippen molar-refractivity contribution >= 4 is 0 Å². The molecule has 1 aliphatic rings. The van der Waals surface area contributed by atoms with Crippen molar-refractivity contribution in [1.29, 1.82) is 0 Å². The first-order chi connectivity index (χ1) is 9.65. The first kappa shape index (κ1) is 15.3. The number of hydrogen-bond donors (Lipinski definition) is 1. The maximum atomic E-state index is 13.8. The summed E-state index contributed by atoms with van der Waals surface area (Å²) < 4.78 is 18.8. The van der Waals surface area contributed by atoms with Crippen molar-refractivity contribution < 1.29 is 9.13 Å². The van der Waals surface area contributed by atoms with Crippen LogP contribution in [0.2, 0.25) is 0 Å². The number of hydrogen-bond acceptors (Lipinski definition) is 3. The van der Waals surface area contributed by atoms with Crippen LogP contribution in [0.3, 0.4) is 0 Å². The van der Waals surface area contributed by atoms with Gasteiger partial charge in [0.05, 0.1) is 7.11 Å². The molecule has 1 unspecified atom stereocenters. The van der Waals surface area contributed by atoms with E-state index >= 15 is 0 Å². The van der Waals surface area contributed by atoms with Crippen molar-refractivity contribution in [3.8, 4) is 5.75 Å². The van der Waals surface area contributed by atoms with E-state index in [1.165, 1.54) is 32.8 Å². The summed E-state index contributed by atoms with van der Waals surface area (Å²) >= 11 is 0. The molecule has 2 rings (SSSR count). The maximum absolute atomic E-state index is 13.8. The molecule has 1 fully saturated rings. The lowest BCUT2D eigenvalue weighted by atomic mass is 10.0. The number of halogens is 1. The van der Waals surface area contributed by atoms with Crippen LogP contribution in [0.15, 0.2) is 18.2 Å². The molecule has 0 heterocycles. The van der Waals surface area contributed by atoms with Crippen molar-refractivity contribution in [2.45, 2.75) is 31.7 Å². The summed E-state index contributed by atoms with van der Waals surface area (Å²) in [4.78, 5) is 2.26. The minimum absolute atomic E-state index is 0.0657. The molecule has 0 saturated heterocycles. The van der Waals surface area contributed by atoms with Gasteiger partial charge in [-0.25, -0.2) is 4.39 Å². The first-order valence-electron chi connectivity index (χ1n) is 7.39. The highest BCUT2D eigenvalue weighted by atomic mass is 19.1. The van der Waals surface area contributed by atoms with Crippen LogP contribution in [0.5, 0.6) is 5.75 Å². The molecule has 0 aromatic heterocycles. The summed E-state index contributed by atoms with van der Waals surface area (Å²) in [5.74, 6) is 0.720. The molecule has 1 aromatic carbocycles. The third-order valence-electron chi connectivity index (χ3n) is 4.34. The van der Waals surface area contributed by atoms with Gasteiger partial charge in [0.1, 0.15) is 0 Å². The third kappa shape index (κ3) is 3.49. The first-order valence-corrected chi connectivity index (χ1v) is 7.39. The molecule has 3 nitrogen and oxygen atoms in total. The van der Waals surface area contributed by atoms with Crippen molar-refractivity contribution in [3.63, 3.8) is 0 Å². The molecule has 0 aliphatic heterocycles. The molecule has 1 aromatic rings.